The van der Waals surface area contributed by atoms with Crippen LogP contribution in [-0.2, 0) is 0 Å². The molecule has 0 spiro atoms. The maximum Gasteiger partial charge on any atom is 0.276 e. The van der Waals surface area contributed by atoms with Crippen molar-refractivity contribution in [3.05, 3.63) is 47.1 Å². The first-order valence-electron chi connectivity index (χ1n) is 6.80. The van der Waals surface area contributed by atoms with E-state index in [1.807, 2.05) is 30.3 Å². The fourth-order valence-electron chi connectivity index (χ4n) is 2.13. The largest absolute Gasteiger partial charge is 0.295 e. The van der Waals surface area contributed by atoms with Crippen LogP contribution < -0.4 is 5.32 Å². The predicted octanol–water partition coefficient (Wildman–Crippen LogP) is 3.22. The molecule has 1 N–H and O–H groups in total. The number of nitrogens with one attached hydrogen (secondary N) is 1. The summed E-state index contributed by atoms with van der Waals surface area (Å²) in [7, 11) is 0. The second-order valence-electron chi connectivity index (χ2n) is 5.06. The lowest BCUT2D eigenvalue weighted by Crippen LogP contribution is -2.13. The number of benzene rings is 1. The van der Waals surface area contributed by atoms with Crippen LogP contribution in [0.2, 0.25) is 0 Å². The lowest BCUT2D eigenvalue weighted by Gasteiger charge is -2.02. The molecule has 1 aliphatic carbocycles. The number of pyridine rings is 1. The normalized spacial score (nSPS) is 14.3. The summed E-state index contributed by atoms with van der Waals surface area (Å²) in [6.45, 7) is 0. The number of nitrogens with zero attached hydrogens (tertiary/aromatic N) is 3. The van der Waals surface area contributed by atoms with E-state index in [1.165, 1.54) is 24.2 Å². The Kier molecular flexibility index (Phi) is 2.89. The minimum absolute atomic E-state index is 0.251. The van der Waals surface area contributed by atoms with Gasteiger partial charge in [-0.05, 0) is 25.0 Å². The molecule has 1 fully saturated rings. The molecule has 104 valence electrons. The third kappa shape index (κ3) is 2.50. The van der Waals surface area contributed by atoms with E-state index < -0.39 is 0 Å². The fraction of sp³-hybridized carbons (Fsp3) is 0.200. The zero-order valence-corrected chi connectivity index (χ0v) is 11.9. The SMILES string of the molecule is O=C(Nc1nnc(C2CC2)s1)c1ccc2ccccc2n1. The average Bonchev–Trinajstić information content (AvgIpc) is 3.27. The highest BCUT2D eigenvalue weighted by molar-refractivity contribution is 7.15. The van der Waals surface area contributed by atoms with Crippen LogP contribution in [0.15, 0.2) is 36.4 Å². The van der Waals surface area contributed by atoms with E-state index in [9.17, 15) is 4.79 Å². The van der Waals surface area contributed by atoms with Crippen LogP contribution in [0.3, 0.4) is 0 Å². The summed E-state index contributed by atoms with van der Waals surface area (Å²) in [4.78, 5) is 16.6. The van der Waals surface area contributed by atoms with E-state index >= 15 is 0 Å². The second kappa shape index (κ2) is 4.89. The quantitative estimate of drug-likeness (QED) is 0.806. The summed E-state index contributed by atoms with van der Waals surface area (Å²) in [6, 6.07) is 11.3. The molecule has 6 heteroatoms. The van der Waals surface area contributed by atoms with Crippen LogP contribution in [0.1, 0.15) is 34.3 Å². The average molecular weight is 296 g/mol. The summed E-state index contributed by atoms with van der Waals surface area (Å²) in [5.74, 6) is 0.297. The molecule has 2 aromatic heterocycles. The molecular formula is C15H12N4OS. The Balaban J connectivity index is 1.57. The molecule has 0 atom stereocenters. The van der Waals surface area contributed by atoms with E-state index in [0.717, 1.165) is 15.9 Å². The Bertz CT molecular complexity index is 825. The third-order valence-electron chi connectivity index (χ3n) is 3.42. The monoisotopic (exact) mass is 296 g/mol. The maximum absolute atomic E-state index is 12.2. The summed E-state index contributed by atoms with van der Waals surface area (Å²) in [5.41, 5.74) is 1.19. The zero-order chi connectivity index (χ0) is 14.2. The van der Waals surface area contributed by atoms with Gasteiger partial charge in [0.1, 0.15) is 10.7 Å². The summed E-state index contributed by atoms with van der Waals surface area (Å²) < 4.78 is 0. The molecule has 5 nitrogen and oxygen atoms in total. The Morgan fingerprint density at radius 1 is 1.14 bits per heavy atom. The van der Waals surface area contributed by atoms with E-state index in [1.54, 1.807) is 6.07 Å². The molecule has 0 saturated heterocycles. The van der Waals surface area contributed by atoms with Gasteiger partial charge < -0.3 is 0 Å². The number of rotatable bonds is 3. The minimum atomic E-state index is -0.251. The molecule has 21 heavy (non-hydrogen) atoms. The highest BCUT2D eigenvalue weighted by atomic mass is 32.1. The van der Waals surface area contributed by atoms with Crippen molar-refractivity contribution in [2.45, 2.75) is 18.8 Å². The van der Waals surface area contributed by atoms with Crippen LogP contribution >= 0.6 is 11.3 Å². The third-order valence-corrected chi connectivity index (χ3v) is 4.42. The number of aromatic nitrogens is 3. The molecule has 1 amide bonds. The van der Waals surface area contributed by atoms with Crippen molar-refractivity contribution in [1.29, 1.82) is 0 Å². The van der Waals surface area contributed by atoms with Gasteiger partial charge in [0, 0.05) is 11.3 Å². The highest BCUT2D eigenvalue weighted by Gasteiger charge is 2.27. The van der Waals surface area contributed by atoms with Gasteiger partial charge in [0.15, 0.2) is 0 Å². The van der Waals surface area contributed by atoms with Gasteiger partial charge in [-0.15, -0.1) is 10.2 Å². The second-order valence-corrected chi connectivity index (χ2v) is 6.07. The number of anilines is 1. The van der Waals surface area contributed by atoms with Crippen molar-refractivity contribution < 1.29 is 4.79 Å². The van der Waals surface area contributed by atoms with E-state index in [-0.39, 0.29) is 5.91 Å². The van der Waals surface area contributed by atoms with Crippen LogP contribution in [0.25, 0.3) is 10.9 Å². The van der Waals surface area contributed by atoms with E-state index in [0.29, 0.717) is 16.7 Å². The Morgan fingerprint density at radius 3 is 2.86 bits per heavy atom. The Morgan fingerprint density at radius 2 is 2.00 bits per heavy atom. The fourth-order valence-corrected chi connectivity index (χ4v) is 3.04. The molecule has 0 radical (unpaired) electrons. The molecule has 2 heterocycles. The van der Waals surface area contributed by atoms with E-state index in [2.05, 4.69) is 20.5 Å². The number of fused-ring (bicyclic) bond motifs is 1. The number of carbonyl (C=O) groups excluding carboxylic acids is 1. The highest BCUT2D eigenvalue weighted by Crippen LogP contribution is 2.42. The van der Waals surface area contributed by atoms with Gasteiger partial charge >= 0.3 is 0 Å². The van der Waals surface area contributed by atoms with Crippen molar-refractivity contribution in [2.24, 2.45) is 0 Å². The van der Waals surface area contributed by atoms with Gasteiger partial charge in [-0.1, -0.05) is 35.6 Å². The lowest BCUT2D eigenvalue weighted by atomic mass is 10.2. The maximum atomic E-state index is 12.2. The first-order valence-corrected chi connectivity index (χ1v) is 7.62. The van der Waals surface area contributed by atoms with Gasteiger partial charge in [-0.25, -0.2) is 4.98 Å². The lowest BCUT2D eigenvalue weighted by molar-refractivity contribution is 0.102. The minimum Gasteiger partial charge on any atom is -0.295 e. The van der Waals surface area contributed by atoms with Crippen LogP contribution in [0.4, 0.5) is 5.13 Å². The molecule has 0 unspecified atom stereocenters. The number of carbonyl (C=O) groups is 1. The van der Waals surface area contributed by atoms with Crippen molar-refractivity contribution in [2.75, 3.05) is 5.32 Å². The molecule has 1 aliphatic rings. The van der Waals surface area contributed by atoms with Crippen molar-refractivity contribution >= 4 is 33.3 Å². The van der Waals surface area contributed by atoms with Crippen molar-refractivity contribution in [3.63, 3.8) is 0 Å². The van der Waals surface area contributed by atoms with Crippen LogP contribution in [0.5, 0.6) is 0 Å². The molecule has 1 aromatic carbocycles. The topological polar surface area (TPSA) is 67.8 Å². The van der Waals surface area contributed by atoms with Gasteiger partial charge in [0.25, 0.3) is 5.91 Å². The Hall–Kier alpha value is -2.34. The molecule has 4 rings (SSSR count). The number of para-hydroxylation sites is 1. The number of amides is 1. The van der Waals surface area contributed by atoms with Crippen LogP contribution in [0, 0.1) is 0 Å². The number of hydrogen-bond donors (Lipinski definition) is 1. The Labute approximate surface area is 125 Å². The van der Waals surface area contributed by atoms with Crippen LogP contribution in [-0.4, -0.2) is 21.1 Å². The number of hydrogen-bond acceptors (Lipinski definition) is 5. The van der Waals surface area contributed by atoms with Gasteiger partial charge in [0.05, 0.1) is 5.52 Å². The summed E-state index contributed by atoms with van der Waals surface area (Å²) in [5, 5.41) is 13.5. The standard InChI is InChI=1S/C15H12N4OS/c20-13(17-15-19-18-14(21-15)10-5-6-10)12-8-7-9-3-1-2-4-11(9)16-12/h1-4,7-8,10H,5-6H2,(H,17,19,20). The van der Waals surface area contributed by atoms with Gasteiger partial charge in [0.2, 0.25) is 5.13 Å². The summed E-state index contributed by atoms with van der Waals surface area (Å²) in [6.07, 6.45) is 2.35. The van der Waals surface area contributed by atoms with Gasteiger partial charge in [-0.3, -0.25) is 10.1 Å². The van der Waals surface area contributed by atoms with E-state index in [4.69, 9.17) is 0 Å². The molecule has 0 bridgehead atoms. The van der Waals surface area contributed by atoms with Crippen molar-refractivity contribution in [3.8, 4) is 0 Å². The smallest absolute Gasteiger partial charge is 0.276 e. The summed E-state index contributed by atoms with van der Waals surface area (Å²) >= 11 is 1.45. The van der Waals surface area contributed by atoms with Crippen molar-refractivity contribution in [1.82, 2.24) is 15.2 Å². The zero-order valence-electron chi connectivity index (χ0n) is 11.1. The molecular weight excluding hydrogens is 284 g/mol. The molecule has 0 aliphatic heterocycles. The molecule has 3 aromatic rings. The predicted molar refractivity (Wildman–Crippen MR) is 81.6 cm³/mol. The first-order chi connectivity index (χ1) is 10.3. The van der Waals surface area contributed by atoms with Gasteiger partial charge in [-0.2, -0.15) is 0 Å². The molecule has 1 saturated carbocycles. The first kappa shape index (κ1) is 12.4.